The number of nitrogens with zero attached hydrogens (tertiary/aromatic N) is 5. The molecule has 2 aliphatic rings. The Morgan fingerprint density at radius 3 is 2.76 bits per heavy atom. The van der Waals surface area contributed by atoms with Crippen LogP contribution in [-0.4, -0.2) is 51.5 Å². The number of aromatic nitrogens is 4. The zero-order valence-electron chi connectivity index (χ0n) is 18.2. The number of aromatic amines is 1. The van der Waals surface area contributed by atoms with Crippen molar-refractivity contribution in [1.29, 1.82) is 0 Å². The molecule has 1 aliphatic heterocycles. The summed E-state index contributed by atoms with van der Waals surface area (Å²) < 4.78 is 0. The minimum Gasteiger partial charge on any atom is -0.311 e. The molecule has 2 heterocycles. The number of fused-ring (bicyclic) bond motifs is 1. The predicted octanol–water partition coefficient (Wildman–Crippen LogP) is 2.97. The van der Waals surface area contributed by atoms with Crippen molar-refractivity contribution in [3.8, 4) is 11.4 Å². The lowest BCUT2D eigenvalue weighted by Gasteiger charge is -2.36. The third kappa shape index (κ3) is 3.84. The smallest absolute Gasteiger partial charge is 0.311 e. The van der Waals surface area contributed by atoms with Gasteiger partial charge in [0, 0.05) is 36.0 Å². The number of benzodiazepines with no additional fused rings is 1. The van der Waals surface area contributed by atoms with Gasteiger partial charge < -0.3 is 15.5 Å². The Hall–Kier alpha value is -4.08. The molecular formula is C23H24N8O2. The van der Waals surface area contributed by atoms with E-state index in [1.54, 1.807) is 36.4 Å². The first-order valence-electron chi connectivity index (χ1n) is 10.9. The Labute approximate surface area is 190 Å². The molecule has 5 rings (SSSR count). The van der Waals surface area contributed by atoms with Crippen LogP contribution in [0.3, 0.4) is 0 Å². The number of anilines is 2. The van der Waals surface area contributed by atoms with E-state index < -0.39 is 11.7 Å². The number of carbonyl (C=O) groups excluding carboxylic acids is 2. The molecule has 33 heavy (non-hydrogen) atoms. The van der Waals surface area contributed by atoms with Gasteiger partial charge in [-0.1, -0.05) is 43.2 Å². The van der Waals surface area contributed by atoms with Gasteiger partial charge in [0.2, 0.25) is 11.5 Å². The zero-order chi connectivity index (χ0) is 22.8. The molecule has 1 unspecified atom stereocenters. The molecule has 3 amide bonds. The topological polar surface area (TPSA) is 128 Å². The first-order chi connectivity index (χ1) is 16.1. The van der Waals surface area contributed by atoms with E-state index in [2.05, 4.69) is 31.3 Å². The highest BCUT2D eigenvalue weighted by atomic mass is 16.2. The second kappa shape index (κ2) is 8.45. The Bertz CT molecular complexity index is 1200. The van der Waals surface area contributed by atoms with Crippen LogP contribution in [0, 0.1) is 5.92 Å². The summed E-state index contributed by atoms with van der Waals surface area (Å²) in [5.41, 5.74) is 1.47. The van der Waals surface area contributed by atoms with Crippen molar-refractivity contribution >= 4 is 29.5 Å². The van der Waals surface area contributed by atoms with E-state index in [-0.39, 0.29) is 11.8 Å². The van der Waals surface area contributed by atoms with E-state index in [0.29, 0.717) is 17.1 Å². The largest absolute Gasteiger partial charge is 0.321 e. The second-order valence-corrected chi connectivity index (χ2v) is 8.32. The molecule has 10 nitrogen and oxygen atoms in total. The number of para-hydroxylation sites is 1. The number of urea groups is 1. The highest BCUT2D eigenvalue weighted by Crippen LogP contribution is 2.39. The number of carbonyl (C=O) groups is 2. The molecule has 168 valence electrons. The summed E-state index contributed by atoms with van der Waals surface area (Å²) in [6, 6.07) is 14.2. The Kier molecular flexibility index (Phi) is 5.33. The van der Waals surface area contributed by atoms with Crippen LogP contribution < -0.4 is 15.5 Å². The molecule has 3 aromatic rings. The number of nitrogens with one attached hydrogen (secondary N) is 3. The molecule has 0 spiro atoms. The van der Waals surface area contributed by atoms with Crippen molar-refractivity contribution in [2.24, 2.45) is 10.9 Å². The second-order valence-electron chi connectivity index (χ2n) is 8.32. The van der Waals surface area contributed by atoms with Gasteiger partial charge in [-0.2, -0.15) is 5.21 Å². The summed E-state index contributed by atoms with van der Waals surface area (Å²) in [5.74, 6) is 0.0881. The average Bonchev–Trinajstić information content (AvgIpc) is 3.55. The van der Waals surface area contributed by atoms with Crippen LogP contribution in [0.2, 0.25) is 0 Å². The minimum atomic E-state index is -1.38. The lowest BCUT2D eigenvalue weighted by atomic mass is 9.89. The zero-order valence-corrected chi connectivity index (χ0v) is 18.2. The summed E-state index contributed by atoms with van der Waals surface area (Å²) in [4.78, 5) is 33.2. The van der Waals surface area contributed by atoms with E-state index in [4.69, 9.17) is 4.99 Å². The van der Waals surface area contributed by atoms with Gasteiger partial charge in [0.1, 0.15) is 0 Å². The molecule has 1 aromatic heterocycles. The van der Waals surface area contributed by atoms with Gasteiger partial charge in [0.15, 0.2) is 0 Å². The lowest BCUT2D eigenvalue weighted by molar-refractivity contribution is -0.126. The molecule has 1 aliphatic carbocycles. The van der Waals surface area contributed by atoms with Gasteiger partial charge >= 0.3 is 6.03 Å². The first-order valence-corrected chi connectivity index (χ1v) is 10.9. The fourth-order valence-electron chi connectivity index (χ4n) is 4.66. The van der Waals surface area contributed by atoms with Crippen molar-refractivity contribution in [3.05, 3.63) is 54.1 Å². The monoisotopic (exact) mass is 444 g/mol. The molecular weight excluding hydrogens is 420 g/mol. The fraction of sp³-hybridized carbons (Fsp3) is 0.304. The number of benzene rings is 2. The first kappa shape index (κ1) is 20.8. The minimum absolute atomic E-state index is 0.0885. The van der Waals surface area contributed by atoms with Crippen LogP contribution in [0.15, 0.2) is 53.5 Å². The van der Waals surface area contributed by atoms with Crippen molar-refractivity contribution in [3.63, 3.8) is 0 Å². The summed E-state index contributed by atoms with van der Waals surface area (Å²) in [6.07, 6.45) is 5.35. The molecule has 3 N–H and O–H groups in total. The molecule has 10 heteroatoms. The Balaban J connectivity index is 1.44. The van der Waals surface area contributed by atoms with Crippen molar-refractivity contribution in [2.45, 2.75) is 31.3 Å². The van der Waals surface area contributed by atoms with E-state index in [0.717, 1.165) is 36.9 Å². The van der Waals surface area contributed by atoms with Gasteiger partial charge in [-0.25, -0.2) is 4.79 Å². The maximum atomic E-state index is 13.8. The van der Waals surface area contributed by atoms with Gasteiger partial charge in [0.05, 0.1) is 5.69 Å². The SMILES string of the molecule is CN1C(=O)C(NC(=O)Nc2cccc(-c3nn[nH]n3)c2)(C2CCCC2)N=Cc2ccccc21. The van der Waals surface area contributed by atoms with Crippen LogP contribution in [0.1, 0.15) is 31.2 Å². The summed E-state index contributed by atoms with van der Waals surface area (Å²) in [7, 11) is 1.73. The predicted molar refractivity (Wildman–Crippen MR) is 124 cm³/mol. The van der Waals surface area contributed by atoms with Crippen molar-refractivity contribution in [2.75, 3.05) is 17.3 Å². The normalized spacial score (nSPS) is 20.4. The number of aliphatic imine (C=N–C) groups is 1. The fourth-order valence-corrected chi connectivity index (χ4v) is 4.66. The van der Waals surface area contributed by atoms with Gasteiger partial charge in [-0.15, -0.1) is 10.2 Å². The standard InChI is InChI=1S/C23H24N8O2/c1-31-19-12-5-2-7-16(19)14-24-23(21(31)32,17-9-3-4-10-17)26-22(33)25-18-11-6-8-15(13-18)20-27-29-30-28-20/h2,5-8,11-14,17H,3-4,9-10H2,1H3,(H2,25,26,33)(H,27,28,29,30). The molecule has 1 atom stereocenters. The van der Waals surface area contributed by atoms with Crippen LogP contribution in [0.4, 0.5) is 16.2 Å². The Morgan fingerprint density at radius 2 is 1.97 bits per heavy atom. The summed E-state index contributed by atoms with van der Waals surface area (Å²) in [6.45, 7) is 0. The molecule has 0 bridgehead atoms. The van der Waals surface area contributed by atoms with E-state index in [9.17, 15) is 9.59 Å². The quantitative estimate of drug-likeness (QED) is 0.570. The number of rotatable bonds is 4. The van der Waals surface area contributed by atoms with Crippen molar-refractivity contribution < 1.29 is 9.59 Å². The van der Waals surface area contributed by atoms with Gasteiger partial charge in [-0.3, -0.25) is 9.79 Å². The molecule has 0 saturated heterocycles. The molecule has 1 fully saturated rings. The van der Waals surface area contributed by atoms with Crippen LogP contribution in [-0.2, 0) is 4.79 Å². The number of hydrogen-bond donors (Lipinski definition) is 3. The number of hydrogen-bond acceptors (Lipinski definition) is 6. The summed E-state index contributed by atoms with van der Waals surface area (Å²) >= 11 is 0. The third-order valence-electron chi connectivity index (χ3n) is 6.31. The third-order valence-corrected chi connectivity index (χ3v) is 6.31. The number of tetrazole rings is 1. The highest BCUT2D eigenvalue weighted by Gasteiger charge is 2.50. The maximum absolute atomic E-state index is 13.8. The van der Waals surface area contributed by atoms with Gasteiger partial charge in [0.25, 0.3) is 5.91 Å². The Morgan fingerprint density at radius 1 is 1.15 bits per heavy atom. The highest BCUT2D eigenvalue weighted by molar-refractivity contribution is 6.09. The summed E-state index contributed by atoms with van der Waals surface area (Å²) in [5, 5.41) is 19.7. The van der Waals surface area contributed by atoms with Gasteiger partial charge in [-0.05, 0) is 36.3 Å². The van der Waals surface area contributed by atoms with Crippen LogP contribution in [0.25, 0.3) is 11.4 Å². The van der Waals surface area contributed by atoms with Crippen molar-refractivity contribution in [1.82, 2.24) is 25.9 Å². The number of amides is 3. The number of H-pyrrole nitrogens is 1. The average molecular weight is 444 g/mol. The van der Waals surface area contributed by atoms with E-state index in [1.165, 1.54) is 0 Å². The molecule has 0 radical (unpaired) electrons. The molecule has 1 saturated carbocycles. The van der Waals surface area contributed by atoms with E-state index in [1.807, 2.05) is 30.3 Å². The maximum Gasteiger partial charge on any atom is 0.321 e. The van der Waals surface area contributed by atoms with Crippen LogP contribution >= 0.6 is 0 Å². The van der Waals surface area contributed by atoms with Crippen LogP contribution in [0.5, 0.6) is 0 Å². The number of likely N-dealkylation sites (N-methyl/N-ethyl adjacent to an activating group) is 1. The molecule has 2 aromatic carbocycles. The lowest BCUT2D eigenvalue weighted by Crippen LogP contribution is -2.62. The van der Waals surface area contributed by atoms with E-state index >= 15 is 0 Å².